The zero-order valence-electron chi connectivity index (χ0n) is 12.1. The van der Waals surface area contributed by atoms with E-state index in [1.165, 1.54) is 22.7 Å². The predicted octanol–water partition coefficient (Wildman–Crippen LogP) is 3.67. The molecule has 2 unspecified atom stereocenters. The van der Waals surface area contributed by atoms with E-state index in [0.29, 0.717) is 0 Å². The van der Waals surface area contributed by atoms with Gasteiger partial charge in [0.25, 0.3) is 0 Å². The lowest BCUT2D eigenvalue weighted by Crippen LogP contribution is -2.48. The molecule has 2 aliphatic rings. The summed E-state index contributed by atoms with van der Waals surface area (Å²) in [4.78, 5) is 26.6. The highest BCUT2D eigenvalue weighted by Gasteiger charge is 2.44. The molecule has 5 nitrogen and oxygen atoms in total. The van der Waals surface area contributed by atoms with E-state index in [1.807, 2.05) is 24.4 Å². The number of carbonyl (C=O) groups excluding carboxylic acids is 2. The Hall–Kier alpha value is -1.56. The Labute approximate surface area is 128 Å². The molecule has 1 saturated heterocycles. The Kier molecular flexibility index (Phi) is 4.14. The van der Waals surface area contributed by atoms with Crippen molar-refractivity contribution in [1.29, 1.82) is 0 Å². The number of nitrogens with zero attached hydrogens (tertiary/aromatic N) is 1. The second-order valence-corrected chi connectivity index (χ2v) is 6.69. The minimum absolute atomic E-state index is 0.187. The number of urea groups is 1. The lowest BCUT2D eigenvalue weighted by molar-refractivity contribution is 0.132. The van der Waals surface area contributed by atoms with E-state index in [1.54, 1.807) is 0 Å². The van der Waals surface area contributed by atoms with Crippen molar-refractivity contribution >= 4 is 23.5 Å². The van der Waals surface area contributed by atoms with Gasteiger partial charge in [-0.15, -0.1) is 11.3 Å². The molecular weight excluding hydrogens is 288 g/mol. The largest absolute Gasteiger partial charge is 0.438 e. The van der Waals surface area contributed by atoms with Crippen LogP contribution in [0.3, 0.4) is 0 Å². The van der Waals surface area contributed by atoms with Gasteiger partial charge in [0.2, 0.25) is 0 Å². The van der Waals surface area contributed by atoms with E-state index < -0.39 is 6.09 Å². The third kappa shape index (κ3) is 2.90. The molecule has 0 aromatic carbocycles. The van der Waals surface area contributed by atoms with Crippen molar-refractivity contribution in [3.8, 4) is 0 Å². The number of nitrogens with one attached hydrogen (secondary N) is 1. The van der Waals surface area contributed by atoms with Gasteiger partial charge in [-0.1, -0.05) is 25.3 Å². The summed E-state index contributed by atoms with van der Waals surface area (Å²) in [6.07, 6.45) is 4.61. The Morgan fingerprint density at radius 3 is 2.81 bits per heavy atom. The number of hydrogen-bond donors (Lipinski definition) is 1. The van der Waals surface area contributed by atoms with Crippen LogP contribution in [-0.4, -0.2) is 29.1 Å². The molecule has 2 heterocycles. The van der Waals surface area contributed by atoms with Crippen LogP contribution in [0.2, 0.25) is 0 Å². The van der Waals surface area contributed by atoms with Crippen LogP contribution in [0.1, 0.15) is 50.0 Å². The highest BCUT2D eigenvalue weighted by atomic mass is 32.1. The summed E-state index contributed by atoms with van der Waals surface area (Å²) in [5.41, 5.74) is 0. The van der Waals surface area contributed by atoms with Gasteiger partial charge in [-0.25, -0.2) is 14.5 Å². The number of carbonyl (C=O) groups is 2. The lowest BCUT2D eigenvalue weighted by atomic mass is 9.96. The minimum atomic E-state index is -0.547. The van der Waals surface area contributed by atoms with E-state index in [2.05, 4.69) is 5.32 Å². The normalized spacial score (nSPS) is 26.7. The highest BCUT2D eigenvalue weighted by Crippen LogP contribution is 2.34. The predicted molar refractivity (Wildman–Crippen MR) is 80.2 cm³/mol. The Morgan fingerprint density at radius 1 is 1.38 bits per heavy atom. The van der Waals surface area contributed by atoms with E-state index >= 15 is 0 Å². The molecule has 3 rings (SSSR count). The third-order valence-corrected chi connectivity index (χ3v) is 5.18. The molecule has 3 amide bonds. The van der Waals surface area contributed by atoms with Gasteiger partial charge in [-0.2, -0.15) is 0 Å². The van der Waals surface area contributed by atoms with Crippen molar-refractivity contribution in [2.24, 2.45) is 0 Å². The Bertz CT molecular complexity index is 511. The van der Waals surface area contributed by atoms with Crippen molar-refractivity contribution in [2.45, 2.75) is 57.2 Å². The first-order chi connectivity index (χ1) is 10.2. The van der Waals surface area contributed by atoms with Gasteiger partial charge in [0.15, 0.2) is 6.10 Å². The molecule has 1 aliphatic carbocycles. The molecule has 0 radical (unpaired) electrons. The quantitative estimate of drug-likeness (QED) is 0.907. The standard InChI is InChI=1S/C15H20N2O3S/c1-10-13(12-8-5-9-21-12)20-15(19)17(10)14(18)16-11-6-3-2-4-7-11/h5,8-11,13H,2-4,6-7H2,1H3,(H,16,18). The Balaban J connectivity index is 1.66. The molecule has 21 heavy (non-hydrogen) atoms. The van der Waals surface area contributed by atoms with Crippen molar-refractivity contribution in [2.75, 3.05) is 0 Å². The van der Waals surface area contributed by atoms with Gasteiger partial charge in [0.05, 0.1) is 6.04 Å². The van der Waals surface area contributed by atoms with Gasteiger partial charge in [0, 0.05) is 10.9 Å². The lowest BCUT2D eigenvalue weighted by Gasteiger charge is -2.26. The van der Waals surface area contributed by atoms with Gasteiger partial charge in [-0.3, -0.25) is 0 Å². The molecule has 1 aromatic rings. The van der Waals surface area contributed by atoms with Gasteiger partial charge < -0.3 is 10.1 Å². The Morgan fingerprint density at radius 2 is 2.14 bits per heavy atom. The number of thiophene rings is 1. The average Bonchev–Trinajstić information content (AvgIpc) is 3.08. The monoisotopic (exact) mass is 308 g/mol. The second-order valence-electron chi connectivity index (χ2n) is 5.71. The summed E-state index contributed by atoms with van der Waals surface area (Å²) in [6, 6.07) is 3.44. The second kappa shape index (κ2) is 6.05. The van der Waals surface area contributed by atoms with Crippen LogP contribution in [0.4, 0.5) is 9.59 Å². The van der Waals surface area contributed by atoms with Crippen LogP contribution in [0, 0.1) is 0 Å². The zero-order valence-corrected chi connectivity index (χ0v) is 12.9. The summed E-state index contributed by atoms with van der Waals surface area (Å²) in [5, 5.41) is 4.92. The first kappa shape index (κ1) is 14.4. The molecule has 1 saturated carbocycles. The topological polar surface area (TPSA) is 58.6 Å². The maximum Gasteiger partial charge on any atom is 0.419 e. The molecular formula is C15H20N2O3S. The van der Waals surface area contributed by atoms with Crippen LogP contribution in [0.5, 0.6) is 0 Å². The van der Waals surface area contributed by atoms with Gasteiger partial charge in [0.1, 0.15) is 0 Å². The SMILES string of the molecule is CC1C(c2cccs2)OC(=O)N1C(=O)NC1CCCCC1. The zero-order chi connectivity index (χ0) is 14.8. The van der Waals surface area contributed by atoms with E-state index in [0.717, 1.165) is 30.6 Å². The first-order valence-electron chi connectivity index (χ1n) is 7.50. The van der Waals surface area contributed by atoms with Crippen LogP contribution in [0.25, 0.3) is 0 Å². The fraction of sp³-hybridized carbons (Fsp3) is 0.600. The molecule has 6 heteroatoms. The van der Waals surface area contributed by atoms with Crippen LogP contribution in [0.15, 0.2) is 17.5 Å². The van der Waals surface area contributed by atoms with Crippen molar-refractivity contribution in [3.63, 3.8) is 0 Å². The summed E-state index contributed by atoms with van der Waals surface area (Å²) < 4.78 is 5.38. The summed E-state index contributed by atoms with van der Waals surface area (Å²) in [6.45, 7) is 1.86. The van der Waals surface area contributed by atoms with E-state index in [-0.39, 0.29) is 24.2 Å². The molecule has 1 aliphatic heterocycles. The minimum Gasteiger partial charge on any atom is -0.438 e. The van der Waals surface area contributed by atoms with Gasteiger partial charge in [-0.05, 0) is 31.2 Å². The summed E-state index contributed by atoms with van der Waals surface area (Å²) in [7, 11) is 0. The average molecular weight is 308 g/mol. The van der Waals surface area contributed by atoms with Crippen molar-refractivity contribution < 1.29 is 14.3 Å². The summed E-state index contributed by atoms with van der Waals surface area (Å²) in [5.74, 6) is 0. The smallest absolute Gasteiger partial charge is 0.419 e. The molecule has 0 bridgehead atoms. The highest BCUT2D eigenvalue weighted by molar-refractivity contribution is 7.10. The molecule has 2 fully saturated rings. The maximum absolute atomic E-state index is 12.4. The summed E-state index contributed by atoms with van der Waals surface area (Å²) >= 11 is 1.54. The number of cyclic esters (lactones) is 1. The van der Waals surface area contributed by atoms with Gasteiger partial charge >= 0.3 is 12.1 Å². The van der Waals surface area contributed by atoms with Crippen LogP contribution >= 0.6 is 11.3 Å². The maximum atomic E-state index is 12.4. The van der Waals surface area contributed by atoms with Crippen LogP contribution in [-0.2, 0) is 4.74 Å². The number of imide groups is 1. The number of rotatable bonds is 2. The number of hydrogen-bond acceptors (Lipinski definition) is 4. The molecule has 0 spiro atoms. The fourth-order valence-corrected chi connectivity index (χ4v) is 3.92. The van der Waals surface area contributed by atoms with Crippen LogP contribution < -0.4 is 5.32 Å². The number of amides is 3. The molecule has 1 aromatic heterocycles. The van der Waals surface area contributed by atoms with Crippen molar-refractivity contribution in [1.82, 2.24) is 10.2 Å². The van der Waals surface area contributed by atoms with Crippen molar-refractivity contribution in [3.05, 3.63) is 22.4 Å². The fourth-order valence-electron chi connectivity index (χ4n) is 3.07. The van der Waals surface area contributed by atoms with E-state index in [4.69, 9.17) is 4.74 Å². The number of ether oxygens (including phenoxy) is 1. The first-order valence-corrected chi connectivity index (χ1v) is 8.38. The molecule has 1 N–H and O–H groups in total. The van der Waals surface area contributed by atoms with E-state index in [9.17, 15) is 9.59 Å². The molecule has 114 valence electrons. The third-order valence-electron chi connectivity index (χ3n) is 4.25. The molecule has 2 atom stereocenters.